The number of ether oxygens (including phenoxy) is 1. The van der Waals surface area contributed by atoms with E-state index in [1.54, 1.807) is 18.1 Å². The Morgan fingerprint density at radius 1 is 1.26 bits per heavy atom. The van der Waals surface area contributed by atoms with E-state index >= 15 is 0 Å². The van der Waals surface area contributed by atoms with Gasteiger partial charge >= 0.3 is 0 Å². The van der Waals surface area contributed by atoms with Gasteiger partial charge in [-0.1, -0.05) is 24.3 Å². The predicted molar refractivity (Wildman–Crippen MR) is 104 cm³/mol. The Labute approximate surface area is 161 Å². The Kier molecular flexibility index (Phi) is 6.01. The van der Waals surface area contributed by atoms with E-state index in [1.165, 1.54) is 30.0 Å². The number of benzene rings is 2. The topological polar surface area (TPSA) is 58.6 Å². The number of hydrogen-bond acceptors (Lipinski definition) is 4. The molecule has 0 spiro atoms. The first-order valence-electron chi connectivity index (χ1n) is 8.64. The van der Waals surface area contributed by atoms with Gasteiger partial charge in [-0.3, -0.25) is 9.59 Å². The van der Waals surface area contributed by atoms with Crippen molar-refractivity contribution in [3.8, 4) is 5.75 Å². The number of carbonyl (C=O) groups excluding carboxylic acids is 2. The number of rotatable bonds is 6. The minimum Gasteiger partial charge on any atom is -0.496 e. The molecule has 1 fully saturated rings. The third-order valence-electron chi connectivity index (χ3n) is 4.34. The molecular formula is C20H21FN2O3S. The molecule has 2 aromatic rings. The van der Waals surface area contributed by atoms with Crippen LogP contribution in [0.15, 0.2) is 48.5 Å². The summed E-state index contributed by atoms with van der Waals surface area (Å²) in [6.07, 6.45) is 0.126. The average Bonchev–Trinajstić information content (AvgIpc) is 2.94. The Balaban J connectivity index is 1.69. The molecule has 2 unspecified atom stereocenters. The van der Waals surface area contributed by atoms with Crippen LogP contribution in [0.3, 0.4) is 0 Å². The van der Waals surface area contributed by atoms with Crippen LogP contribution in [-0.4, -0.2) is 35.6 Å². The second-order valence-corrected chi connectivity index (χ2v) is 7.64. The highest BCUT2D eigenvalue weighted by molar-refractivity contribution is 8.01. The first kappa shape index (κ1) is 19.2. The van der Waals surface area contributed by atoms with Gasteiger partial charge in [0, 0.05) is 24.2 Å². The zero-order valence-corrected chi connectivity index (χ0v) is 16.0. The molecule has 1 N–H and O–H groups in total. The molecule has 2 aromatic carbocycles. The first-order valence-corrected chi connectivity index (χ1v) is 9.58. The molecule has 0 radical (unpaired) electrons. The summed E-state index contributed by atoms with van der Waals surface area (Å²) in [6.45, 7) is 2.14. The highest BCUT2D eigenvalue weighted by Gasteiger charge is 2.39. The van der Waals surface area contributed by atoms with Gasteiger partial charge in [0.25, 0.3) is 0 Å². The van der Waals surface area contributed by atoms with Crippen LogP contribution in [0.2, 0.25) is 0 Å². The van der Waals surface area contributed by atoms with Crippen LogP contribution in [0.4, 0.5) is 10.1 Å². The quantitative estimate of drug-likeness (QED) is 0.817. The van der Waals surface area contributed by atoms with Crippen molar-refractivity contribution in [3.05, 3.63) is 59.9 Å². The van der Waals surface area contributed by atoms with E-state index < -0.39 is 5.82 Å². The standard InChI is InChI=1S/C20H21FN2O3S/c1-13-19(25)23(20(27-13)16-8-3-4-9-17(16)26-2)11-10-18(24)22-15-7-5-6-14(21)12-15/h3-9,12-13,20H,10-11H2,1-2H3,(H,22,24). The van der Waals surface area contributed by atoms with Gasteiger partial charge in [-0.25, -0.2) is 4.39 Å². The maximum Gasteiger partial charge on any atom is 0.236 e. The molecule has 27 heavy (non-hydrogen) atoms. The molecular weight excluding hydrogens is 367 g/mol. The molecule has 2 atom stereocenters. The van der Waals surface area contributed by atoms with Crippen molar-refractivity contribution >= 4 is 29.3 Å². The summed E-state index contributed by atoms with van der Waals surface area (Å²) in [5, 5.41) is 2.27. The number of thioether (sulfide) groups is 1. The lowest BCUT2D eigenvalue weighted by Gasteiger charge is -2.25. The lowest BCUT2D eigenvalue weighted by atomic mass is 10.1. The van der Waals surface area contributed by atoms with E-state index in [0.29, 0.717) is 11.4 Å². The number of hydrogen-bond donors (Lipinski definition) is 1. The van der Waals surface area contributed by atoms with E-state index in [-0.39, 0.29) is 35.4 Å². The normalized spacial score (nSPS) is 19.2. The zero-order valence-electron chi connectivity index (χ0n) is 15.1. The van der Waals surface area contributed by atoms with E-state index in [0.717, 1.165) is 5.56 Å². The summed E-state index contributed by atoms with van der Waals surface area (Å²) >= 11 is 1.54. The van der Waals surface area contributed by atoms with Crippen molar-refractivity contribution in [2.75, 3.05) is 19.0 Å². The summed E-state index contributed by atoms with van der Waals surface area (Å²) in [5.41, 5.74) is 1.31. The van der Waals surface area contributed by atoms with Crippen LogP contribution in [0.1, 0.15) is 24.3 Å². The van der Waals surface area contributed by atoms with Crippen LogP contribution in [0.25, 0.3) is 0 Å². The maximum atomic E-state index is 13.2. The molecule has 0 bridgehead atoms. The fraction of sp³-hybridized carbons (Fsp3) is 0.300. The molecule has 1 saturated heterocycles. The van der Waals surface area contributed by atoms with Crippen LogP contribution in [0.5, 0.6) is 5.75 Å². The third kappa shape index (κ3) is 4.42. The van der Waals surface area contributed by atoms with Gasteiger partial charge in [0.2, 0.25) is 11.8 Å². The first-order chi connectivity index (χ1) is 13.0. The Morgan fingerprint density at radius 3 is 2.78 bits per heavy atom. The molecule has 0 aromatic heterocycles. The summed E-state index contributed by atoms with van der Waals surface area (Å²) in [5.74, 6) is 0.0290. The van der Waals surface area contributed by atoms with Gasteiger partial charge in [0.05, 0.1) is 12.4 Å². The summed E-state index contributed by atoms with van der Waals surface area (Å²) < 4.78 is 18.7. The molecule has 7 heteroatoms. The van der Waals surface area contributed by atoms with Gasteiger partial charge < -0.3 is 15.0 Å². The number of nitrogens with one attached hydrogen (secondary N) is 1. The Bertz CT molecular complexity index is 845. The minimum absolute atomic E-state index is 0.00513. The molecule has 1 heterocycles. The lowest BCUT2D eigenvalue weighted by molar-refractivity contribution is -0.130. The highest BCUT2D eigenvalue weighted by Crippen LogP contribution is 2.45. The van der Waals surface area contributed by atoms with E-state index in [2.05, 4.69) is 5.32 Å². The fourth-order valence-corrected chi connectivity index (χ4v) is 4.36. The van der Waals surface area contributed by atoms with Gasteiger partial charge in [-0.2, -0.15) is 0 Å². The second kappa shape index (κ2) is 8.43. The monoisotopic (exact) mass is 388 g/mol. The van der Waals surface area contributed by atoms with Crippen LogP contribution >= 0.6 is 11.8 Å². The van der Waals surface area contributed by atoms with Crippen LogP contribution in [0, 0.1) is 5.82 Å². The van der Waals surface area contributed by atoms with E-state index in [4.69, 9.17) is 4.74 Å². The largest absolute Gasteiger partial charge is 0.496 e. The number of halogens is 1. The molecule has 0 saturated carbocycles. The zero-order chi connectivity index (χ0) is 19.4. The Morgan fingerprint density at radius 2 is 2.04 bits per heavy atom. The van der Waals surface area contributed by atoms with Crippen molar-refractivity contribution in [2.24, 2.45) is 0 Å². The smallest absolute Gasteiger partial charge is 0.236 e. The number of carbonyl (C=O) groups is 2. The number of para-hydroxylation sites is 1. The summed E-state index contributed by atoms with van der Waals surface area (Å²) in [6, 6.07) is 13.3. The summed E-state index contributed by atoms with van der Waals surface area (Å²) in [7, 11) is 1.60. The molecule has 5 nitrogen and oxygen atoms in total. The van der Waals surface area contributed by atoms with Gasteiger partial charge in [-0.15, -0.1) is 11.8 Å². The van der Waals surface area contributed by atoms with Crippen LogP contribution < -0.4 is 10.1 Å². The van der Waals surface area contributed by atoms with Crippen molar-refractivity contribution in [2.45, 2.75) is 24.0 Å². The predicted octanol–water partition coefficient (Wildman–Crippen LogP) is 3.83. The van der Waals surface area contributed by atoms with E-state index in [9.17, 15) is 14.0 Å². The van der Waals surface area contributed by atoms with Crippen LogP contribution in [-0.2, 0) is 9.59 Å². The van der Waals surface area contributed by atoms with E-state index in [1.807, 2.05) is 31.2 Å². The maximum absolute atomic E-state index is 13.2. The Hall–Kier alpha value is -2.54. The molecule has 1 aliphatic rings. The third-order valence-corrected chi connectivity index (χ3v) is 5.72. The lowest BCUT2D eigenvalue weighted by Crippen LogP contribution is -2.33. The number of methoxy groups -OCH3 is 1. The molecule has 0 aliphatic carbocycles. The number of anilines is 1. The number of nitrogens with zero attached hydrogens (tertiary/aromatic N) is 1. The molecule has 142 valence electrons. The second-order valence-electron chi connectivity index (χ2n) is 6.21. The van der Waals surface area contributed by atoms with Gasteiger partial charge in [0.1, 0.15) is 16.9 Å². The molecule has 2 amide bonds. The van der Waals surface area contributed by atoms with Gasteiger partial charge in [0.15, 0.2) is 0 Å². The molecule has 3 rings (SSSR count). The minimum atomic E-state index is -0.413. The van der Waals surface area contributed by atoms with Crippen molar-refractivity contribution in [3.63, 3.8) is 0 Å². The average molecular weight is 388 g/mol. The molecule has 1 aliphatic heterocycles. The summed E-state index contributed by atoms with van der Waals surface area (Å²) in [4.78, 5) is 26.5. The SMILES string of the molecule is COc1ccccc1C1SC(C)C(=O)N1CCC(=O)Nc1cccc(F)c1. The fourth-order valence-electron chi connectivity index (χ4n) is 3.02. The van der Waals surface area contributed by atoms with Crippen molar-refractivity contribution < 1.29 is 18.7 Å². The highest BCUT2D eigenvalue weighted by atomic mass is 32.2. The number of amides is 2. The van der Waals surface area contributed by atoms with Gasteiger partial charge in [-0.05, 0) is 31.2 Å². The van der Waals surface area contributed by atoms with Crippen molar-refractivity contribution in [1.29, 1.82) is 0 Å². The van der Waals surface area contributed by atoms with Crippen molar-refractivity contribution in [1.82, 2.24) is 4.90 Å².